The number of nitrogens with one attached hydrogen (secondary N) is 2. The Morgan fingerprint density at radius 1 is 1.42 bits per heavy atom. The Balaban J connectivity index is 1.63. The summed E-state index contributed by atoms with van der Waals surface area (Å²) in [6.45, 7) is 9.22. The lowest BCUT2D eigenvalue weighted by molar-refractivity contribution is -0.119. The van der Waals surface area contributed by atoms with E-state index in [1.54, 1.807) is 0 Å². The van der Waals surface area contributed by atoms with Gasteiger partial charge >= 0.3 is 0 Å². The van der Waals surface area contributed by atoms with Crippen molar-refractivity contribution in [1.29, 1.82) is 0 Å². The molecule has 2 N–H and O–H groups in total. The number of aliphatic imine (C=N–C) groups is 1. The van der Waals surface area contributed by atoms with Crippen LogP contribution in [0.4, 0.5) is 0 Å². The second-order valence-corrected chi connectivity index (χ2v) is 8.31. The number of carbonyl (C=O) groups is 1. The van der Waals surface area contributed by atoms with Gasteiger partial charge in [0.25, 0.3) is 0 Å². The molecular weight excluding hydrogens is 300 g/mol. The summed E-state index contributed by atoms with van der Waals surface area (Å²) in [6.07, 6.45) is 8.39. The normalized spacial score (nSPS) is 34.5. The zero-order valence-corrected chi connectivity index (χ0v) is 15.4. The number of nitrogens with zero attached hydrogens (tertiary/aromatic N) is 2. The number of hydrogen-bond donors (Lipinski definition) is 2. The average molecular weight is 335 g/mol. The quantitative estimate of drug-likeness (QED) is 0.615. The molecule has 0 radical (unpaired) electrons. The predicted molar refractivity (Wildman–Crippen MR) is 98.0 cm³/mol. The van der Waals surface area contributed by atoms with Gasteiger partial charge < -0.3 is 15.5 Å². The van der Waals surface area contributed by atoms with Crippen molar-refractivity contribution < 1.29 is 4.79 Å². The van der Waals surface area contributed by atoms with Crippen molar-refractivity contribution in [2.45, 2.75) is 58.8 Å². The van der Waals surface area contributed by atoms with E-state index in [2.05, 4.69) is 29.4 Å². The summed E-state index contributed by atoms with van der Waals surface area (Å²) < 4.78 is 0. The molecule has 1 amide bonds. The van der Waals surface area contributed by atoms with Crippen LogP contribution in [-0.2, 0) is 4.79 Å². The molecule has 0 aromatic heterocycles. The van der Waals surface area contributed by atoms with Gasteiger partial charge in [-0.3, -0.25) is 9.79 Å². The van der Waals surface area contributed by atoms with Crippen LogP contribution in [0.3, 0.4) is 0 Å². The van der Waals surface area contributed by atoms with Crippen molar-refractivity contribution in [3.05, 3.63) is 0 Å². The fourth-order valence-electron chi connectivity index (χ4n) is 4.80. The van der Waals surface area contributed by atoms with Gasteiger partial charge in [-0.05, 0) is 44.4 Å². The highest BCUT2D eigenvalue weighted by atomic mass is 16.1. The molecule has 136 valence electrons. The zero-order valence-electron chi connectivity index (χ0n) is 15.4. The summed E-state index contributed by atoms with van der Waals surface area (Å²) >= 11 is 0. The van der Waals surface area contributed by atoms with E-state index in [1.165, 1.54) is 25.7 Å². The number of guanidine groups is 1. The van der Waals surface area contributed by atoms with Crippen LogP contribution < -0.4 is 10.6 Å². The maximum atomic E-state index is 11.7. The fourth-order valence-corrected chi connectivity index (χ4v) is 4.80. The highest BCUT2D eigenvalue weighted by molar-refractivity contribution is 5.81. The minimum atomic E-state index is 0.130. The van der Waals surface area contributed by atoms with E-state index < -0.39 is 0 Å². The van der Waals surface area contributed by atoms with Gasteiger partial charge in [0.15, 0.2) is 5.96 Å². The van der Waals surface area contributed by atoms with Crippen molar-refractivity contribution in [1.82, 2.24) is 15.5 Å². The monoisotopic (exact) mass is 334 g/mol. The van der Waals surface area contributed by atoms with E-state index in [0.717, 1.165) is 63.4 Å². The van der Waals surface area contributed by atoms with E-state index in [9.17, 15) is 4.79 Å². The third kappa shape index (κ3) is 4.22. The van der Waals surface area contributed by atoms with Gasteiger partial charge in [-0.2, -0.15) is 0 Å². The summed E-state index contributed by atoms with van der Waals surface area (Å²) in [4.78, 5) is 19.1. The van der Waals surface area contributed by atoms with Gasteiger partial charge in [-0.15, -0.1) is 0 Å². The third-order valence-electron chi connectivity index (χ3n) is 6.04. The van der Waals surface area contributed by atoms with Gasteiger partial charge in [0.1, 0.15) is 0 Å². The second kappa shape index (κ2) is 7.75. The molecule has 3 unspecified atom stereocenters. The number of carbonyl (C=O) groups excluding carboxylic acids is 1. The topological polar surface area (TPSA) is 56.7 Å². The number of hydrogen-bond acceptors (Lipinski definition) is 2. The maximum Gasteiger partial charge on any atom is 0.220 e. The fraction of sp³-hybridized carbons (Fsp3) is 0.895. The van der Waals surface area contributed by atoms with Crippen LogP contribution in [0.5, 0.6) is 0 Å². The minimum Gasteiger partial charge on any atom is -0.357 e. The van der Waals surface area contributed by atoms with Crippen molar-refractivity contribution in [3.8, 4) is 0 Å². The van der Waals surface area contributed by atoms with Crippen molar-refractivity contribution in [2.24, 2.45) is 22.2 Å². The maximum absolute atomic E-state index is 11.7. The molecule has 2 saturated heterocycles. The Bertz CT molecular complexity index is 478. The molecule has 0 aromatic rings. The molecule has 0 aromatic carbocycles. The lowest BCUT2D eigenvalue weighted by Gasteiger charge is -2.41. The molecule has 2 heterocycles. The van der Waals surface area contributed by atoms with Crippen LogP contribution in [0.25, 0.3) is 0 Å². The molecule has 1 aliphatic carbocycles. The van der Waals surface area contributed by atoms with Gasteiger partial charge in [0.2, 0.25) is 5.91 Å². The molecular formula is C19H34N4O. The first-order valence-corrected chi connectivity index (χ1v) is 9.90. The largest absolute Gasteiger partial charge is 0.357 e. The Kier molecular flexibility index (Phi) is 5.67. The van der Waals surface area contributed by atoms with Crippen LogP contribution in [0, 0.1) is 17.3 Å². The first-order valence-electron chi connectivity index (χ1n) is 9.90. The average Bonchev–Trinajstić information content (AvgIpc) is 2.91. The lowest BCUT2D eigenvalue weighted by atomic mass is 9.79. The molecule has 1 saturated carbocycles. The number of amides is 1. The molecule has 5 nitrogen and oxygen atoms in total. The van der Waals surface area contributed by atoms with Gasteiger partial charge in [0.05, 0.1) is 0 Å². The van der Waals surface area contributed by atoms with E-state index in [-0.39, 0.29) is 11.3 Å². The Morgan fingerprint density at radius 3 is 3.00 bits per heavy atom. The molecule has 3 atom stereocenters. The minimum absolute atomic E-state index is 0.130. The van der Waals surface area contributed by atoms with Crippen LogP contribution in [0.1, 0.15) is 58.8 Å². The standard InChI is InChI=1S/C19H34N4O/c1-3-20-18(21-12-16-7-4-6-15(2)10-16)23-9-5-8-19(14-23)11-17(24)22-13-19/h15-16H,3-14H2,1-2H3,(H,20,21)(H,22,24). The molecule has 24 heavy (non-hydrogen) atoms. The zero-order chi connectivity index (χ0) is 17.0. The van der Waals surface area contributed by atoms with Crippen LogP contribution >= 0.6 is 0 Å². The van der Waals surface area contributed by atoms with E-state index in [1.807, 2.05) is 0 Å². The number of piperidine rings is 1. The molecule has 0 bridgehead atoms. The first kappa shape index (κ1) is 17.6. The van der Waals surface area contributed by atoms with E-state index >= 15 is 0 Å². The predicted octanol–water partition coefficient (Wildman–Crippen LogP) is 2.38. The van der Waals surface area contributed by atoms with Crippen LogP contribution in [0.2, 0.25) is 0 Å². The summed E-state index contributed by atoms with van der Waals surface area (Å²) in [5.74, 6) is 2.88. The summed E-state index contributed by atoms with van der Waals surface area (Å²) in [7, 11) is 0. The van der Waals surface area contributed by atoms with Crippen molar-refractivity contribution in [2.75, 3.05) is 32.7 Å². The molecule has 3 aliphatic rings. The van der Waals surface area contributed by atoms with E-state index in [0.29, 0.717) is 6.42 Å². The molecule has 3 rings (SSSR count). The Labute approximate surface area is 146 Å². The van der Waals surface area contributed by atoms with Crippen LogP contribution in [-0.4, -0.2) is 49.5 Å². The van der Waals surface area contributed by atoms with Crippen molar-refractivity contribution in [3.63, 3.8) is 0 Å². The Hall–Kier alpha value is -1.26. The summed E-state index contributed by atoms with van der Waals surface area (Å²) in [6, 6.07) is 0. The molecule has 1 spiro atoms. The van der Waals surface area contributed by atoms with Gasteiger partial charge in [0, 0.05) is 44.6 Å². The Morgan fingerprint density at radius 2 is 2.29 bits per heavy atom. The number of rotatable bonds is 3. The second-order valence-electron chi connectivity index (χ2n) is 8.31. The number of likely N-dealkylation sites (tertiary alicyclic amines) is 1. The highest BCUT2D eigenvalue weighted by Crippen LogP contribution is 2.36. The van der Waals surface area contributed by atoms with E-state index in [4.69, 9.17) is 4.99 Å². The summed E-state index contributed by atoms with van der Waals surface area (Å²) in [5.41, 5.74) is 0.130. The molecule has 3 fully saturated rings. The van der Waals surface area contributed by atoms with Crippen molar-refractivity contribution >= 4 is 11.9 Å². The lowest BCUT2D eigenvalue weighted by Crippen LogP contribution is -2.51. The van der Waals surface area contributed by atoms with Gasteiger partial charge in [-0.1, -0.05) is 19.8 Å². The van der Waals surface area contributed by atoms with Gasteiger partial charge in [-0.25, -0.2) is 0 Å². The van der Waals surface area contributed by atoms with Crippen LogP contribution in [0.15, 0.2) is 4.99 Å². The molecule has 5 heteroatoms. The SMILES string of the molecule is CCNC(=NCC1CCCC(C)C1)N1CCCC2(CNC(=O)C2)C1. The molecule has 2 aliphatic heterocycles. The first-order chi connectivity index (χ1) is 11.6. The highest BCUT2D eigenvalue weighted by Gasteiger charge is 2.42. The third-order valence-corrected chi connectivity index (χ3v) is 6.04. The summed E-state index contributed by atoms with van der Waals surface area (Å²) in [5, 5.41) is 6.53. The smallest absolute Gasteiger partial charge is 0.220 e.